The number of aromatic nitrogens is 4. The molecule has 1 saturated heterocycles. The summed E-state index contributed by atoms with van der Waals surface area (Å²) in [6.45, 7) is 5.14. The van der Waals surface area contributed by atoms with Crippen molar-refractivity contribution in [3.05, 3.63) is 6.33 Å². The van der Waals surface area contributed by atoms with Gasteiger partial charge in [-0.25, -0.2) is 13.1 Å². The van der Waals surface area contributed by atoms with Crippen LogP contribution in [0.25, 0.3) is 0 Å². The standard InChI is InChI=1S/C10H19N5O2S/c1-10(2)5-3-7-15(10)18(16,17)8-4-6-14-9-11-12-13-14/h9H,3-8H2,1-2H3. The first-order chi connectivity index (χ1) is 8.42. The molecule has 0 atom stereocenters. The van der Waals surface area contributed by atoms with Gasteiger partial charge in [-0.15, -0.1) is 5.10 Å². The van der Waals surface area contributed by atoms with Crippen LogP contribution in [0.4, 0.5) is 0 Å². The van der Waals surface area contributed by atoms with Gasteiger partial charge in [0.1, 0.15) is 6.33 Å². The van der Waals surface area contributed by atoms with Crippen molar-refractivity contribution in [3.8, 4) is 0 Å². The monoisotopic (exact) mass is 273 g/mol. The summed E-state index contributed by atoms with van der Waals surface area (Å²) in [5.74, 6) is 0.149. The maximum absolute atomic E-state index is 12.2. The predicted molar refractivity (Wildman–Crippen MR) is 66.2 cm³/mol. The van der Waals surface area contributed by atoms with Crippen LogP contribution in [0.3, 0.4) is 0 Å². The molecule has 0 saturated carbocycles. The molecular formula is C10H19N5O2S. The smallest absolute Gasteiger partial charge is 0.214 e. The molecule has 0 aliphatic carbocycles. The van der Waals surface area contributed by atoms with Crippen LogP contribution >= 0.6 is 0 Å². The lowest BCUT2D eigenvalue weighted by atomic mass is 10.0. The molecule has 0 N–H and O–H groups in total. The average molecular weight is 273 g/mol. The zero-order valence-electron chi connectivity index (χ0n) is 10.8. The molecule has 0 amide bonds. The zero-order valence-corrected chi connectivity index (χ0v) is 11.6. The molecule has 1 aliphatic rings. The van der Waals surface area contributed by atoms with Gasteiger partial charge in [0.25, 0.3) is 0 Å². The number of sulfonamides is 1. The summed E-state index contributed by atoms with van der Waals surface area (Å²) >= 11 is 0. The molecular weight excluding hydrogens is 254 g/mol. The molecule has 0 spiro atoms. The minimum absolute atomic E-state index is 0.149. The van der Waals surface area contributed by atoms with Crippen molar-refractivity contribution >= 4 is 10.0 Å². The van der Waals surface area contributed by atoms with Gasteiger partial charge in [-0.05, 0) is 43.5 Å². The summed E-state index contributed by atoms with van der Waals surface area (Å²) in [4.78, 5) is 0. The highest BCUT2D eigenvalue weighted by atomic mass is 32.2. The van der Waals surface area contributed by atoms with Crippen molar-refractivity contribution in [2.75, 3.05) is 12.3 Å². The van der Waals surface area contributed by atoms with Crippen LogP contribution in [-0.4, -0.2) is 50.8 Å². The summed E-state index contributed by atoms with van der Waals surface area (Å²) in [5, 5.41) is 10.7. The molecule has 1 aromatic rings. The highest BCUT2D eigenvalue weighted by molar-refractivity contribution is 7.89. The van der Waals surface area contributed by atoms with Gasteiger partial charge in [0.2, 0.25) is 10.0 Å². The molecule has 18 heavy (non-hydrogen) atoms. The first-order valence-corrected chi connectivity index (χ1v) is 7.74. The number of nitrogens with zero attached hydrogens (tertiary/aromatic N) is 5. The van der Waals surface area contributed by atoms with Crippen LogP contribution in [0.1, 0.15) is 33.1 Å². The molecule has 7 nitrogen and oxygen atoms in total. The van der Waals surface area contributed by atoms with Gasteiger partial charge in [-0.2, -0.15) is 4.31 Å². The normalized spacial score (nSPS) is 20.3. The van der Waals surface area contributed by atoms with Gasteiger partial charge >= 0.3 is 0 Å². The van der Waals surface area contributed by atoms with E-state index in [2.05, 4.69) is 15.5 Å². The molecule has 0 bridgehead atoms. The van der Waals surface area contributed by atoms with Gasteiger partial charge in [0.05, 0.1) is 5.75 Å². The second kappa shape index (κ2) is 4.93. The largest absolute Gasteiger partial charge is 0.232 e. The van der Waals surface area contributed by atoms with Gasteiger partial charge in [0.15, 0.2) is 0 Å². The molecule has 102 valence electrons. The SMILES string of the molecule is CC1(C)CCCN1S(=O)(=O)CCCn1cnnn1. The van der Waals surface area contributed by atoms with Crippen LogP contribution in [-0.2, 0) is 16.6 Å². The van der Waals surface area contributed by atoms with Crippen molar-refractivity contribution in [1.82, 2.24) is 24.5 Å². The van der Waals surface area contributed by atoms with E-state index in [-0.39, 0.29) is 11.3 Å². The van der Waals surface area contributed by atoms with E-state index in [0.717, 1.165) is 12.8 Å². The lowest BCUT2D eigenvalue weighted by Gasteiger charge is -2.30. The van der Waals surface area contributed by atoms with Crippen LogP contribution in [0.15, 0.2) is 6.33 Å². The third-order valence-electron chi connectivity index (χ3n) is 3.34. The summed E-state index contributed by atoms with van der Waals surface area (Å²) in [6, 6.07) is 0. The highest BCUT2D eigenvalue weighted by Crippen LogP contribution is 2.31. The first kappa shape index (κ1) is 13.4. The number of hydrogen-bond donors (Lipinski definition) is 0. The predicted octanol–water partition coefficient (Wildman–Crippen LogP) is 0.267. The summed E-state index contributed by atoms with van der Waals surface area (Å²) in [7, 11) is -3.17. The lowest BCUT2D eigenvalue weighted by Crippen LogP contribution is -2.43. The number of hydrogen-bond acceptors (Lipinski definition) is 5. The Kier molecular flexibility index (Phi) is 3.67. The van der Waals surface area contributed by atoms with E-state index < -0.39 is 10.0 Å². The Bertz CT molecular complexity index is 482. The Balaban J connectivity index is 1.91. The van der Waals surface area contributed by atoms with Crippen LogP contribution in [0.5, 0.6) is 0 Å². The van der Waals surface area contributed by atoms with E-state index in [1.165, 1.54) is 6.33 Å². The molecule has 2 rings (SSSR count). The third-order valence-corrected chi connectivity index (χ3v) is 5.49. The Hall–Kier alpha value is -1.02. The Morgan fingerprint density at radius 1 is 1.39 bits per heavy atom. The maximum atomic E-state index is 12.2. The third kappa shape index (κ3) is 2.86. The minimum atomic E-state index is -3.17. The lowest BCUT2D eigenvalue weighted by molar-refractivity contribution is 0.291. The second-order valence-electron chi connectivity index (χ2n) is 5.23. The maximum Gasteiger partial charge on any atom is 0.214 e. The zero-order chi connectivity index (χ0) is 13.2. The summed E-state index contributed by atoms with van der Waals surface area (Å²) in [5.41, 5.74) is -0.242. The van der Waals surface area contributed by atoms with E-state index in [0.29, 0.717) is 19.5 Å². The summed E-state index contributed by atoms with van der Waals surface area (Å²) < 4.78 is 27.7. The van der Waals surface area contributed by atoms with Gasteiger partial charge in [0, 0.05) is 18.6 Å². The fourth-order valence-electron chi connectivity index (χ4n) is 2.40. The van der Waals surface area contributed by atoms with Crippen molar-refractivity contribution in [2.45, 2.75) is 45.2 Å². The number of rotatable bonds is 5. The fraction of sp³-hybridized carbons (Fsp3) is 0.900. The molecule has 0 aromatic carbocycles. The van der Waals surface area contributed by atoms with E-state index in [1.54, 1.807) is 8.99 Å². The average Bonchev–Trinajstić information content (AvgIpc) is 2.87. The Morgan fingerprint density at radius 3 is 2.72 bits per heavy atom. The van der Waals surface area contributed by atoms with Crippen molar-refractivity contribution < 1.29 is 8.42 Å². The van der Waals surface area contributed by atoms with E-state index >= 15 is 0 Å². The van der Waals surface area contributed by atoms with Gasteiger partial charge < -0.3 is 0 Å². The number of tetrazole rings is 1. The van der Waals surface area contributed by atoms with Crippen LogP contribution in [0, 0.1) is 0 Å². The molecule has 1 fully saturated rings. The van der Waals surface area contributed by atoms with Gasteiger partial charge in [-0.1, -0.05) is 0 Å². The van der Waals surface area contributed by atoms with E-state index in [4.69, 9.17) is 0 Å². The fourth-order valence-corrected chi connectivity index (χ4v) is 4.37. The first-order valence-electron chi connectivity index (χ1n) is 6.13. The summed E-state index contributed by atoms with van der Waals surface area (Å²) in [6.07, 6.45) is 3.89. The van der Waals surface area contributed by atoms with Crippen molar-refractivity contribution in [2.24, 2.45) is 0 Å². The van der Waals surface area contributed by atoms with Crippen LogP contribution in [0.2, 0.25) is 0 Å². The van der Waals surface area contributed by atoms with Crippen molar-refractivity contribution in [3.63, 3.8) is 0 Å². The molecule has 8 heteroatoms. The topological polar surface area (TPSA) is 81.0 Å². The molecule has 0 radical (unpaired) electrons. The molecule has 0 unspecified atom stereocenters. The molecule has 1 aliphatic heterocycles. The quantitative estimate of drug-likeness (QED) is 0.769. The molecule has 1 aromatic heterocycles. The Labute approximate surface area is 107 Å². The van der Waals surface area contributed by atoms with E-state index in [9.17, 15) is 8.42 Å². The Morgan fingerprint density at radius 2 is 2.17 bits per heavy atom. The molecule has 2 heterocycles. The number of aryl methyl sites for hydroxylation is 1. The second-order valence-corrected chi connectivity index (χ2v) is 7.24. The van der Waals surface area contributed by atoms with Gasteiger partial charge in [-0.3, -0.25) is 0 Å². The van der Waals surface area contributed by atoms with Crippen LogP contribution < -0.4 is 0 Å². The van der Waals surface area contributed by atoms with E-state index in [1.807, 2.05) is 13.8 Å². The minimum Gasteiger partial charge on any atom is -0.232 e. The highest BCUT2D eigenvalue weighted by Gasteiger charge is 2.39. The van der Waals surface area contributed by atoms with Crippen molar-refractivity contribution in [1.29, 1.82) is 0 Å².